The van der Waals surface area contributed by atoms with Gasteiger partial charge in [-0.25, -0.2) is 0 Å². The SMILES string of the molecule is CCCC(=O)OCCOC(C)N. The molecule has 0 amide bonds. The van der Waals surface area contributed by atoms with Gasteiger partial charge in [-0.3, -0.25) is 4.79 Å². The van der Waals surface area contributed by atoms with Crippen molar-refractivity contribution in [3.8, 4) is 0 Å². The maximum absolute atomic E-state index is 10.8. The summed E-state index contributed by atoms with van der Waals surface area (Å²) in [6.07, 6.45) is 0.986. The zero-order chi connectivity index (χ0) is 9.40. The number of hydrogen-bond acceptors (Lipinski definition) is 4. The number of carbonyl (C=O) groups is 1. The molecule has 2 N–H and O–H groups in total. The van der Waals surface area contributed by atoms with E-state index in [-0.39, 0.29) is 12.2 Å². The summed E-state index contributed by atoms with van der Waals surface area (Å²) in [6, 6.07) is 0. The first-order chi connectivity index (χ1) is 5.66. The monoisotopic (exact) mass is 175 g/mol. The molecule has 0 bridgehead atoms. The molecule has 0 aliphatic rings. The summed E-state index contributed by atoms with van der Waals surface area (Å²) in [5.74, 6) is -0.175. The van der Waals surface area contributed by atoms with Gasteiger partial charge < -0.3 is 15.2 Å². The van der Waals surface area contributed by atoms with Crippen molar-refractivity contribution < 1.29 is 14.3 Å². The van der Waals surface area contributed by atoms with E-state index < -0.39 is 0 Å². The van der Waals surface area contributed by atoms with Crippen LogP contribution in [0.5, 0.6) is 0 Å². The summed E-state index contributed by atoms with van der Waals surface area (Å²) in [5, 5.41) is 0. The van der Waals surface area contributed by atoms with Gasteiger partial charge in [0, 0.05) is 6.42 Å². The second-order valence-corrected chi connectivity index (χ2v) is 2.55. The molecule has 0 fully saturated rings. The Morgan fingerprint density at radius 1 is 1.50 bits per heavy atom. The highest BCUT2D eigenvalue weighted by molar-refractivity contribution is 5.69. The van der Waals surface area contributed by atoms with Crippen LogP contribution < -0.4 is 5.73 Å². The Bertz CT molecular complexity index is 125. The van der Waals surface area contributed by atoms with Crippen LogP contribution in [0.3, 0.4) is 0 Å². The second kappa shape index (κ2) is 7.06. The van der Waals surface area contributed by atoms with Crippen LogP contribution in [-0.4, -0.2) is 25.4 Å². The molecule has 0 aliphatic carbocycles. The Kier molecular flexibility index (Phi) is 6.70. The molecule has 0 spiro atoms. The molecular weight excluding hydrogens is 158 g/mol. The normalized spacial score (nSPS) is 12.6. The van der Waals surface area contributed by atoms with E-state index in [1.165, 1.54) is 0 Å². The molecule has 0 aliphatic heterocycles. The van der Waals surface area contributed by atoms with E-state index in [9.17, 15) is 4.79 Å². The fourth-order valence-corrected chi connectivity index (χ4v) is 0.666. The first-order valence-electron chi connectivity index (χ1n) is 4.19. The second-order valence-electron chi connectivity index (χ2n) is 2.55. The van der Waals surface area contributed by atoms with Crippen molar-refractivity contribution in [2.45, 2.75) is 32.9 Å². The van der Waals surface area contributed by atoms with Crippen LogP contribution in [0.15, 0.2) is 0 Å². The van der Waals surface area contributed by atoms with E-state index in [2.05, 4.69) is 0 Å². The number of ether oxygens (including phenoxy) is 2. The summed E-state index contributed by atoms with van der Waals surface area (Å²) >= 11 is 0. The topological polar surface area (TPSA) is 61.5 Å². The minimum atomic E-state index is -0.296. The molecule has 0 heterocycles. The van der Waals surface area contributed by atoms with Crippen molar-refractivity contribution in [3.63, 3.8) is 0 Å². The maximum Gasteiger partial charge on any atom is 0.305 e. The predicted octanol–water partition coefficient (Wildman–Crippen LogP) is 0.651. The highest BCUT2D eigenvalue weighted by Crippen LogP contribution is 1.91. The van der Waals surface area contributed by atoms with Crippen LogP contribution >= 0.6 is 0 Å². The molecule has 4 nitrogen and oxygen atoms in total. The van der Waals surface area contributed by atoms with Crippen molar-refractivity contribution >= 4 is 5.97 Å². The van der Waals surface area contributed by atoms with Crippen molar-refractivity contribution in [2.75, 3.05) is 13.2 Å². The van der Waals surface area contributed by atoms with E-state index >= 15 is 0 Å². The molecule has 0 radical (unpaired) electrons. The smallest absolute Gasteiger partial charge is 0.305 e. The van der Waals surface area contributed by atoms with Gasteiger partial charge in [0.1, 0.15) is 12.8 Å². The molecule has 0 rings (SSSR count). The highest BCUT2D eigenvalue weighted by atomic mass is 16.6. The standard InChI is InChI=1S/C8H17NO3/c1-3-4-8(10)12-6-5-11-7(2)9/h7H,3-6,9H2,1-2H3. The fourth-order valence-electron chi connectivity index (χ4n) is 0.666. The number of hydrogen-bond donors (Lipinski definition) is 1. The Balaban J connectivity index is 3.14. The summed E-state index contributed by atoms with van der Waals surface area (Å²) in [6.45, 7) is 4.32. The third kappa shape index (κ3) is 7.50. The summed E-state index contributed by atoms with van der Waals surface area (Å²) in [7, 11) is 0. The van der Waals surface area contributed by atoms with Crippen LogP contribution in [0, 0.1) is 0 Å². The summed E-state index contributed by atoms with van der Waals surface area (Å²) in [5.41, 5.74) is 5.31. The van der Waals surface area contributed by atoms with Gasteiger partial charge in [-0.15, -0.1) is 0 Å². The average molecular weight is 175 g/mol. The van der Waals surface area contributed by atoms with Gasteiger partial charge in [0.15, 0.2) is 0 Å². The number of esters is 1. The van der Waals surface area contributed by atoms with Crippen molar-refractivity contribution in [3.05, 3.63) is 0 Å². The third-order valence-electron chi connectivity index (χ3n) is 1.18. The number of nitrogens with two attached hydrogens (primary N) is 1. The Hall–Kier alpha value is -0.610. The van der Waals surface area contributed by atoms with E-state index in [1.54, 1.807) is 6.92 Å². The molecule has 1 atom stereocenters. The Morgan fingerprint density at radius 3 is 2.67 bits per heavy atom. The lowest BCUT2D eigenvalue weighted by Gasteiger charge is -2.07. The minimum absolute atomic E-state index is 0.175. The van der Waals surface area contributed by atoms with Crippen LogP contribution in [0.4, 0.5) is 0 Å². The lowest BCUT2D eigenvalue weighted by atomic mass is 10.3. The van der Waals surface area contributed by atoms with E-state index in [4.69, 9.17) is 15.2 Å². The lowest BCUT2D eigenvalue weighted by Crippen LogP contribution is -2.22. The molecule has 12 heavy (non-hydrogen) atoms. The van der Waals surface area contributed by atoms with Crippen LogP contribution in [-0.2, 0) is 14.3 Å². The maximum atomic E-state index is 10.8. The first kappa shape index (κ1) is 11.4. The van der Waals surface area contributed by atoms with Gasteiger partial charge in [-0.1, -0.05) is 6.92 Å². The first-order valence-corrected chi connectivity index (χ1v) is 4.19. The van der Waals surface area contributed by atoms with Gasteiger partial charge in [-0.05, 0) is 13.3 Å². The van der Waals surface area contributed by atoms with Crippen molar-refractivity contribution in [1.82, 2.24) is 0 Å². The van der Waals surface area contributed by atoms with Gasteiger partial charge in [0.25, 0.3) is 0 Å². The zero-order valence-electron chi connectivity index (χ0n) is 7.71. The minimum Gasteiger partial charge on any atom is -0.463 e. The van der Waals surface area contributed by atoms with Gasteiger partial charge in [0.05, 0.1) is 6.61 Å². The van der Waals surface area contributed by atoms with E-state index in [0.29, 0.717) is 19.6 Å². The number of rotatable bonds is 6. The van der Waals surface area contributed by atoms with Gasteiger partial charge in [-0.2, -0.15) is 0 Å². The summed E-state index contributed by atoms with van der Waals surface area (Å²) in [4.78, 5) is 10.8. The molecule has 0 aromatic heterocycles. The molecule has 1 unspecified atom stereocenters. The predicted molar refractivity (Wildman–Crippen MR) is 45.5 cm³/mol. The van der Waals surface area contributed by atoms with E-state index in [0.717, 1.165) is 6.42 Å². The molecule has 0 saturated heterocycles. The number of carbonyl (C=O) groups excluding carboxylic acids is 1. The lowest BCUT2D eigenvalue weighted by molar-refractivity contribution is -0.145. The highest BCUT2D eigenvalue weighted by Gasteiger charge is 2.00. The molecule has 0 saturated carbocycles. The third-order valence-corrected chi connectivity index (χ3v) is 1.18. The quantitative estimate of drug-likeness (QED) is 0.366. The van der Waals surface area contributed by atoms with Crippen LogP contribution in [0.25, 0.3) is 0 Å². The molecule has 0 aromatic rings. The summed E-state index contributed by atoms with van der Waals surface area (Å²) < 4.78 is 9.78. The Morgan fingerprint density at radius 2 is 2.17 bits per heavy atom. The van der Waals surface area contributed by atoms with Gasteiger partial charge in [0.2, 0.25) is 0 Å². The molecular formula is C8H17NO3. The molecule has 72 valence electrons. The van der Waals surface area contributed by atoms with Crippen molar-refractivity contribution in [1.29, 1.82) is 0 Å². The van der Waals surface area contributed by atoms with Crippen LogP contribution in [0.2, 0.25) is 0 Å². The van der Waals surface area contributed by atoms with Crippen molar-refractivity contribution in [2.24, 2.45) is 5.73 Å². The zero-order valence-corrected chi connectivity index (χ0v) is 7.71. The average Bonchev–Trinajstić information content (AvgIpc) is 1.98. The largest absolute Gasteiger partial charge is 0.463 e. The van der Waals surface area contributed by atoms with Crippen LogP contribution in [0.1, 0.15) is 26.7 Å². The molecule has 0 aromatic carbocycles. The molecule has 4 heteroatoms. The van der Waals surface area contributed by atoms with Gasteiger partial charge >= 0.3 is 5.97 Å². The van der Waals surface area contributed by atoms with E-state index in [1.807, 2.05) is 6.92 Å². The fraction of sp³-hybridized carbons (Fsp3) is 0.875. The Labute approximate surface area is 73.0 Å².